The summed E-state index contributed by atoms with van der Waals surface area (Å²) in [6.07, 6.45) is 2.08. The van der Waals surface area contributed by atoms with Crippen molar-refractivity contribution in [1.29, 1.82) is 0 Å². The second-order valence-corrected chi connectivity index (χ2v) is 5.00. The molecule has 0 spiro atoms. The first kappa shape index (κ1) is 17.8. The molecule has 0 aliphatic heterocycles. The summed E-state index contributed by atoms with van der Waals surface area (Å²) in [7, 11) is 3.12. The van der Waals surface area contributed by atoms with E-state index in [9.17, 15) is 9.59 Å². The number of nitrogens with one attached hydrogen (secondary N) is 1. The van der Waals surface area contributed by atoms with Crippen molar-refractivity contribution >= 4 is 16.9 Å². The molecule has 130 valence electrons. The number of rotatable bonds is 8. The van der Waals surface area contributed by atoms with Gasteiger partial charge in [0.05, 0.1) is 31.2 Å². The van der Waals surface area contributed by atoms with Crippen LogP contribution in [-0.2, 0) is 9.47 Å². The molecular formula is C17H21NO6. The minimum absolute atomic E-state index is 0.0415. The normalized spacial score (nSPS) is 10.6. The first-order valence-corrected chi connectivity index (χ1v) is 7.64. The van der Waals surface area contributed by atoms with Crippen molar-refractivity contribution in [3.8, 4) is 11.5 Å². The van der Waals surface area contributed by atoms with Crippen LogP contribution in [0.25, 0.3) is 10.9 Å². The van der Waals surface area contributed by atoms with Crippen LogP contribution in [-0.4, -0.2) is 45.0 Å². The van der Waals surface area contributed by atoms with E-state index in [1.165, 1.54) is 13.3 Å². The number of esters is 1. The molecule has 0 aliphatic carbocycles. The van der Waals surface area contributed by atoms with Gasteiger partial charge in [0.1, 0.15) is 5.56 Å². The van der Waals surface area contributed by atoms with Crippen LogP contribution >= 0.6 is 0 Å². The molecule has 7 heteroatoms. The molecule has 0 aliphatic rings. The van der Waals surface area contributed by atoms with Gasteiger partial charge in [-0.15, -0.1) is 0 Å². The average molecular weight is 335 g/mol. The summed E-state index contributed by atoms with van der Waals surface area (Å²) in [4.78, 5) is 27.2. The summed E-state index contributed by atoms with van der Waals surface area (Å²) in [6.45, 7) is 2.94. The molecule has 0 fully saturated rings. The second-order valence-electron chi connectivity index (χ2n) is 5.00. The maximum Gasteiger partial charge on any atom is 0.343 e. The van der Waals surface area contributed by atoms with Crippen LogP contribution in [0.4, 0.5) is 0 Å². The molecule has 7 nitrogen and oxygen atoms in total. The van der Waals surface area contributed by atoms with E-state index in [2.05, 4.69) is 4.98 Å². The fourth-order valence-electron chi connectivity index (χ4n) is 2.25. The van der Waals surface area contributed by atoms with Gasteiger partial charge in [-0.25, -0.2) is 4.79 Å². The number of methoxy groups -OCH3 is 2. The van der Waals surface area contributed by atoms with Crippen LogP contribution in [0.5, 0.6) is 11.5 Å². The van der Waals surface area contributed by atoms with E-state index < -0.39 is 11.4 Å². The molecule has 0 atom stereocenters. The van der Waals surface area contributed by atoms with E-state index in [1.807, 2.05) is 0 Å². The molecule has 0 unspecified atom stereocenters. The molecule has 24 heavy (non-hydrogen) atoms. The average Bonchev–Trinajstić information content (AvgIpc) is 2.58. The van der Waals surface area contributed by atoms with Gasteiger partial charge in [-0.3, -0.25) is 4.79 Å². The minimum Gasteiger partial charge on any atom is -0.493 e. The van der Waals surface area contributed by atoms with Crippen molar-refractivity contribution in [2.75, 3.05) is 34.0 Å². The lowest BCUT2D eigenvalue weighted by Gasteiger charge is -2.12. The number of H-pyrrole nitrogens is 1. The van der Waals surface area contributed by atoms with Gasteiger partial charge in [-0.2, -0.15) is 0 Å². The molecule has 1 N–H and O–H groups in total. The Morgan fingerprint density at radius 3 is 2.62 bits per heavy atom. The molecule has 1 aromatic heterocycles. The fraction of sp³-hybridized carbons (Fsp3) is 0.412. The van der Waals surface area contributed by atoms with E-state index in [1.54, 1.807) is 26.2 Å². The zero-order valence-electron chi connectivity index (χ0n) is 14.0. The Balaban J connectivity index is 2.39. The Labute approximate surface area is 139 Å². The van der Waals surface area contributed by atoms with Crippen molar-refractivity contribution < 1.29 is 23.7 Å². The molecule has 0 saturated carbocycles. The van der Waals surface area contributed by atoms with Gasteiger partial charge in [-0.05, 0) is 13.0 Å². The van der Waals surface area contributed by atoms with E-state index in [0.717, 1.165) is 6.42 Å². The number of aromatic nitrogens is 1. The zero-order valence-corrected chi connectivity index (χ0v) is 14.0. The maximum atomic E-state index is 12.5. The Kier molecular flexibility index (Phi) is 6.20. The molecule has 2 aromatic rings. The van der Waals surface area contributed by atoms with Crippen molar-refractivity contribution in [3.05, 3.63) is 34.1 Å². The van der Waals surface area contributed by atoms with Crippen LogP contribution in [0.2, 0.25) is 0 Å². The Bertz CT molecular complexity index is 768. The third kappa shape index (κ3) is 3.86. The molecule has 0 radical (unpaired) electrons. The van der Waals surface area contributed by atoms with Gasteiger partial charge in [0.25, 0.3) is 0 Å². The number of carbonyl (C=O) groups is 1. The van der Waals surface area contributed by atoms with Crippen LogP contribution in [0, 0.1) is 0 Å². The number of carbonyl (C=O) groups excluding carboxylic acids is 1. The predicted octanol–water partition coefficient (Wildman–Crippen LogP) is 2.13. The highest BCUT2D eigenvalue weighted by Crippen LogP contribution is 2.30. The zero-order chi connectivity index (χ0) is 17.5. The topological polar surface area (TPSA) is 86.9 Å². The van der Waals surface area contributed by atoms with E-state index >= 15 is 0 Å². The molecule has 0 bridgehead atoms. The van der Waals surface area contributed by atoms with Gasteiger partial charge in [0.15, 0.2) is 11.5 Å². The van der Waals surface area contributed by atoms with Crippen LogP contribution in [0.1, 0.15) is 23.7 Å². The van der Waals surface area contributed by atoms with E-state index in [4.69, 9.17) is 18.9 Å². The Morgan fingerprint density at radius 1 is 1.17 bits per heavy atom. The van der Waals surface area contributed by atoms with Crippen molar-refractivity contribution in [3.63, 3.8) is 0 Å². The molecular weight excluding hydrogens is 314 g/mol. The van der Waals surface area contributed by atoms with E-state index in [-0.39, 0.29) is 12.2 Å². The number of hydrogen-bond acceptors (Lipinski definition) is 6. The largest absolute Gasteiger partial charge is 0.493 e. The summed E-state index contributed by atoms with van der Waals surface area (Å²) in [6, 6.07) is 3.24. The highest BCUT2D eigenvalue weighted by molar-refractivity contribution is 5.94. The number of aromatic amines is 1. The minimum atomic E-state index is -0.653. The molecule has 0 saturated heterocycles. The van der Waals surface area contributed by atoms with Gasteiger partial charge in [0, 0.05) is 32.4 Å². The lowest BCUT2D eigenvalue weighted by atomic mass is 10.1. The monoisotopic (exact) mass is 335 g/mol. The fourth-order valence-corrected chi connectivity index (χ4v) is 2.25. The lowest BCUT2D eigenvalue weighted by molar-refractivity contribution is 0.0524. The third-order valence-electron chi connectivity index (χ3n) is 3.41. The molecule has 1 heterocycles. The highest BCUT2D eigenvalue weighted by Gasteiger charge is 2.16. The van der Waals surface area contributed by atoms with Crippen LogP contribution < -0.4 is 14.9 Å². The second kappa shape index (κ2) is 8.35. The van der Waals surface area contributed by atoms with Gasteiger partial charge < -0.3 is 23.9 Å². The van der Waals surface area contributed by atoms with E-state index in [0.29, 0.717) is 35.6 Å². The number of hydrogen-bond donors (Lipinski definition) is 1. The number of ether oxygens (including phenoxy) is 4. The van der Waals surface area contributed by atoms with Crippen molar-refractivity contribution in [2.45, 2.75) is 13.3 Å². The summed E-state index contributed by atoms with van der Waals surface area (Å²) >= 11 is 0. The SMILES string of the molecule is CCOC(=O)c1c[nH]c2cc(OCCCOC)c(OC)cc2c1=O. The number of benzene rings is 1. The third-order valence-corrected chi connectivity index (χ3v) is 3.41. The van der Waals surface area contributed by atoms with Crippen LogP contribution in [0.3, 0.4) is 0 Å². The maximum absolute atomic E-state index is 12.5. The standard InChI is InChI=1S/C17H21NO6/c1-4-23-17(20)12-10-18-13-9-15(24-7-5-6-21-2)14(22-3)8-11(13)16(12)19/h8-10H,4-7H2,1-3H3,(H,18,19). The summed E-state index contributed by atoms with van der Waals surface area (Å²) in [5.41, 5.74) is 0.0992. The first-order chi connectivity index (χ1) is 11.6. The number of fused-ring (bicyclic) bond motifs is 1. The van der Waals surface area contributed by atoms with Crippen molar-refractivity contribution in [1.82, 2.24) is 4.98 Å². The summed E-state index contributed by atoms with van der Waals surface area (Å²) in [5, 5.41) is 0.335. The number of pyridine rings is 1. The van der Waals surface area contributed by atoms with Gasteiger partial charge >= 0.3 is 5.97 Å². The van der Waals surface area contributed by atoms with Gasteiger partial charge in [0.2, 0.25) is 5.43 Å². The quantitative estimate of drug-likeness (QED) is 0.587. The Morgan fingerprint density at radius 2 is 1.96 bits per heavy atom. The summed E-state index contributed by atoms with van der Waals surface area (Å²) in [5.74, 6) is 0.284. The molecule has 2 rings (SSSR count). The van der Waals surface area contributed by atoms with Gasteiger partial charge in [-0.1, -0.05) is 0 Å². The lowest BCUT2D eigenvalue weighted by Crippen LogP contribution is -2.18. The summed E-state index contributed by atoms with van der Waals surface area (Å²) < 4.78 is 20.8. The molecule has 0 amide bonds. The first-order valence-electron chi connectivity index (χ1n) is 7.64. The van der Waals surface area contributed by atoms with Crippen LogP contribution in [0.15, 0.2) is 23.1 Å². The molecule has 1 aromatic carbocycles. The highest BCUT2D eigenvalue weighted by atomic mass is 16.5. The smallest absolute Gasteiger partial charge is 0.343 e. The predicted molar refractivity (Wildman–Crippen MR) is 89.1 cm³/mol. The van der Waals surface area contributed by atoms with Crippen molar-refractivity contribution in [2.24, 2.45) is 0 Å². The Hall–Kier alpha value is -2.54.